The second kappa shape index (κ2) is 10.1. The first-order chi connectivity index (χ1) is 22.8. The van der Waals surface area contributed by atoms with Crippen LogP contribution in [0, 0.1) is 0 Å². The van der Waals surface area contributed by atoms with Crippen molar-refractivity contribution < 1.29 is 16.5 Å². The van der Waals surface area contributed by atoms with Gasteiger partial charge in [0.15, 0.2) is 0 Å². The molecule has 7 aromatic rings. The average Bonchev–Trinajstić information content (AvgIpc) is 3.65. The van der Waals surface area contributed by atoms with Gasteiger partial charge in [0.1, 0.15) is 0 Å². The predicted octanol–water partition coefficient (Wildman–Crippen LogP) is 8.27. The van der Waals surface area contributed by atoms with Crippen LogP contribution in [-0.4, -0.2) is 29.9 Å². The maximum absolute atomic E-state index is 5.22. The third kappa shape index (κ3) is 4.27. The molecular formula is C40H36N8Ni. The van der Waals surface area contributed by atoms with Gasteiger partial charge in [-0.2, -0.15) is 0 Å². The van der Waals surface area contributed by atoms with Crippen LogP contribution in [0.5, 0.6) is 0 Å². The maximum atomic E-state index is 5.22. The Balaban J connectivity index is 0.00000348. The zero-order chi connectivity index (χ0) is 33.4. The van der Waals surface area contributed by atoms with Crippen molar-refractivity contribution in [3.8, 4) is 0 Å². The predicted molar refractivity (Wildman–Crippen MR) is 192 cm³/mol. The fraction of sp³-hybridized carbons (Fsp3) is 0.300. The second-order valence-corrected chi connectivity index (χ2v) is 15.5. The van der Waals surface area contributed by atoms with Crippen molar-refractivity contribution in [1.82, 2.24) is 39.9 Å². The Bertz CT molecular complexity index is 2340. The quantitative estimate of drug-likeness (QED) is 0.147. The third-order valence-corrected chi connectivity index (χ3v) is 11.8. The fourth-order valence-electron chi connectivity index (χ4n) is 6.94. The van der Waals surface area contributed by atoms with Gasteiger partial charge in [-0.15, -0.1) is 0 Å². The smallest absolute Gasteiger partial charge is 0.357 e. The molecule has 0 unspecified atom stereocenters. The summed E-state index contributed by atoms with van der Waals surface area (Å²) in [4.78, 5) is 41.4. The van der Waals surface area contributed by atoms with Crippen molar-refractivity contribution in [2.75, 3.05) is 0 Å². The molecule has 8 bridgehead atoms. The van der Waals surface area contributed by atoms with Crippen LogP contribution in [0.3, 0.4) is 0 Å². The van der Waals surface area contributed by atoms with Crippen LogP contribution in [0.2, 0.25) is 0 Å². The monoisotopic (exact) mass is 686 g/mol. The Morgan fingerprint density at radius 2 is 0.592 bits per heavy atom. The summed E-state index contributed by atoms with van der Waals surface area (Å²) in [5.74, 6) is 2.72. The van der Waals surface area contributed by atoms with E-state index in [1.165, 1.54) is 0 Å². The number of aromatic nitrogens is 8. The second-order valence-electron chi connectivity index (χ2n) is 15.5. The molecule has 0 saturated heterocycles. The van der Waals surface area contributed by atoms with Crippen molar-refractivity contribution in [3.63, 3.8) is 0 Å². The van der Waals surface area contributed by atoms with Gasteiger partial charge in [0.2, 0.25) is 0 Å². The number of rotatable bonds is 0. The topological polar surface area (TPSA) is 106 Å². The molecule has 2 aliphatic heterocycles. The molecule has 0 radical (unpaired) electrons. The summed E-state index contributed by atoms with van der Waals surface area (Å²) in [6, 6.07) is 25.3. The minimum Gasteiger partial charge on any atom is -0.357 e. The number of hydrogen-bond acceptors (Lipinski definition) is 6. The molecular weight excluding hydrogens is 651 g/mol. The molecule has 9 heteroatoms. The van der Waals surface area contributed by atoms with Crippen molar-refractivity contribution in [3.05, 3.63) is 96.1 Å². The number of benzene rings is 4. The summed E-state index contributed by atoms with van der Waals surface area (Å²) in [6.07, 6.45) is 0. The molecule has 0 saturated carbocycles. The summed E-state index contributed by atoms with van der Waals surface area (Å²) in [6.45, 7) is 17.4. The first kappa shape index (κ1) is 31.5. The van der Waals surface area contributed by atoms with E-state index in [9.17, 15) is 0 Å². The molecule has 8 nitrogen and oxygen atoms in total. The Hall–Kier alpha value is -4.75. The molecule has 0 fully saturated rings. The van der Waals surface area contributed by atoms with E-state index in [0.717, 1.165) is 43.1 Å². The van der Waals surface area contributed by atoms with Crippen molar-refractivity contribution in [2.24, 2.45) is 0 Å². The summed E-state index contributed by atoms with van der Waals surface area (Å²) in [5, 5.41) is 8.21. The van der Waals surface area contributed by atoms with Crippen molar-refractivity contribution in [1.29, 1.82) is 0 Å². The van der Waals surface area contributed by atoms with E-state index in [0.29, 0.717) is 45.9 Å². The largest absolute Gasteiger partial charge is 2.00 e. The Morgan fingerprint density at radius 1 is 0.367 bits per heavy atom. The van der Waals surface area contributed by atoms with Crippen LogP contribution in [-0.2, 0) is 38.2 Å². The molecule has 0 amide bonds. The van der Waals surface area contributed by atoms with E-state index in [1.807, 2.05) is 0 Å². The van der Waals surface area contributed by atoms with Crippen LogP contribution >= 0.6 is 0 Å². The van der Waals surface area contributed by atoms with Crippen LogP contribution in [0.1, 0.15) is 78.7 Å². The van der Waals surface area contributed by atoms with Crippen LogP contribution < -0.4 is 9.97 Å². The van der Waals surface area contributed by atoms with Gasteiger partial charge in [0.05, 0.1) is 23.3 Å². The third-order valence-electron chi connectivity index (χ3n) is 11.8. The van der Waals surface area contributed by atoms with Gasteiger partial charge in [-0.05, 0) is 67.4 Å². The minimum absolute atomic E-state index is 0. The first-order valence-electron chi connectivity index (χ1n) is 16.5. The SMILES string of the molecule is CC1(C)c2nc(nc3[n-]c(nc4nc(nc5[n-]c(n2)c2cc6ccccc6cc52)C(C)(C)C4(C)C)c2cc4ccccc4cc32)C1(C)C.[Ni+2]. The van der Waals surface area contributed by atoms with Gasteiger partial charge in [-0.3, -0.25) is 9.97 Å². The van der Waals surface area contributed by atoms with Gasteiger partial charge in [-0.25, -0.2) is 0 Å². The molecule has 5 heterocycles. The average molecular weight is 687 g/mol. The van der Waals surface area contributed by atoms with Crippen LogP contribution in [0.25, 0.3) is 65.7 Å². The fourth-order valence-corrected chi connectivity index (χ4v) is 6.94. The van der Waals surface area contributed by atoms with Gasteiger partial charge < -0.3 is 29.9 Å². The van der Waals surface area contributed by atoms with Gasteiger partial charge in [0, 0.05) is 44.2 Å². The van der Waals surface area contributed by atoms with E-state index >= 15 is 0 Å². The molecule has 0 spiro atoms. The molecule has 0 aliphatic carbocycles. The number of fused-ring (bicyclic) bond motifs is 16. The molecule has 2 aliphatic rings. The summed E-state index contributed by atoms with van der Waals surface area (Å²) >= 11 is 0. The van der Waals surface area contributed by atoms with E-state index < -0.39 is 21.7 Å². The van der Waals surface area contributed by atoms with E-state index in [4.69, 9.17) is 39.9 Å². The van der Waals surface area contributed by atoms with E-state index in [-0.39, 0.29) is 16.5 Å². The molecule has 3 aromatic heterocycles. The molecule has 4 aromatic carbocycles. The molecule has 246 valence electrons. The van der Waals surface area contributed by atoms with E-state index in [2.05, 4.69) is 128 Å². The normalized spacial score (nSPS) is 17.5. The maximum Gasteiger partial charge on any atom is 2.00 e. The van der Waals surface area contributed by atoms with Gasteiger partial charge in [0.25, 0.3) is 0 Å². The number of nitrogens with zero attached hydrogens (tertiary/aromatic N) is 8. The Kier molecular flexibility index (Phi) is 6.52. The van der Waals surface area contributed by atoms with Crippen molar-refractivity contribution in [2.45, 2.75) is 77.0 Å². The summed E-state index contributed by atoms with van der Waals surface area (Å²) in [7, 11) is 0. The van der Waals surface area contributed by atoms with Crippen LogP contribution in [0.15, 0.2) is 72.8 Å². The first-order valence-corrected chi connectivity index (χ1v) is 16.5. The Labute approximate surface area is 294 Å². The minimum atomic E-state index is -0.452. The van der Waals surface area contributed by atoms with Crippen molar-refractivity contribution >= 4 is 65.7 Å². The summed E-state index contributed by atoms with van der Waals surface area (Å²) < 4.78 is 0. The molecule has 9 rings (SSSR count). The van der Waals surface area contributed by atoms with Gasteiger partial charge in [-0.1, -0.05) is 104 Å². The Morgan fingerprint density at radius 3 is 0.816 bits per heavy atom. The van der Waals surface area contributed by atoms with Gasteiger partial charge >= 0.3 is 16.5 Å². The number of hydrogen-bond donors (Lipinski definition) is 0. The van der Waals surface area contributed by atoms with Crippen LogP contribution in [0.4, 0.5) is 0 Å². The molecule has 0 N–H and O–H groups in total. The molecule has 0 atom stereocenters. The zero-order valence-electron chi connectivity index (χ0n) is 28.8. The zero-order valence-corrected chi connectivity index (χ0v) is 29.8. The van der Waals surface area contributed by atoms with E-state index in [1.54, 1.807) is 0 Å². The standard InChI is InChI=1S/C40H36N8.Ni/c1-37(2)33-43-29-25-17-21-13-9-10-14-22(21)18-26(25)31(41-29)45-35-39(5,6)40(7,8)36(48-35)46-32-28-20-24-16-12-11-15-23(24)19-27(28)30(42-32)44-34(47-33)38(37,3)4;/h9-20H,1-8H3;/q-2;+2. The molecule has 49 heavy (non-hydrogen) atoms. The summed E-state index contributed by atoms with van der Waals surface area (Å²) in [5.41, 5.74) is 0.584.